The first-order chi connectivity index (χ1) is 9.41. The van der Waals surface area contributed by atoms with Gasteiger partial charge >= 0.3 is 5.69 Å². The van der Waals surface area contributed by atoms with Crippen molar-refractivity contribution < 1.29 is 8.78 Å². The van der Waals surface area contributed by atoms with E-state index in [4.69, 9.17) is 0 Å². The number of aromatic nitrogens is 2. The van der Waals surface area contributed by atoms with Gasteiger partial charge < -0.3 is 5.32 Å². The van der Waals surface area contributed by atoms with Crippen LogP contribution in [0, 0.1) is 11.6 Å². The molecule has 0 spiro atoms. The molecule has 0 radical (unpaired) electrons. The van der Waals surface area contributed by atoms with Gasteiger partial charge in [0, 0.05) is 25.9 Å². The van der Waals surface area contributed by atoms with E-state index in [1.807, 2.05) is 0 Å². The van der Waals surface area contributed by atoms with Gasteiger partial charge in [-0.25, -0.2) is 13.6 Å². The average molecular weight is 281 g/mol. The van der Waals surface area contributed by atoms with Gasteiger partial charge in [-0.15, -0.1) is 0 Å². The molecular formula is C13H13F2N3O2. The van der Waals surface area contributed by atoms with Crippen molar-refractivity contribution in [3.05, 3.63) is 62.4 Å². The number of halogens is 2. The Kier molecular flexibility index (Phi) is 3.69. The Morgan fingerprint density at radius 2 is 1.85 bits per heavy atom. The molecule has 0 aliphatic heterocycles. The summed E-state index contributed by atoms with van der Waals surface area (Å²) >= 11 is 0. The summed E-state index contributed by atoms with van der Waals surface area (Å²) in [6.07, 6.45) is 0. The Labute approximate surface area is 113 Å². The third-order valence-electron chi connectivity index (χ3n) is 3.04. The minimum Gasteiger partial charge on any atom is -0.377 e. The van der Waals surface area contributed by atoms with Crippen LogP contribution in [0.2, 0.25) is 0 Å². The van der Waals surface area contributed by atoms with Crippen LogP contribution in [-0.2, 0) is 20.6 Å². The predicted molar refractivity (Wildman–Crippen MR) is 70.6 cm³/mol. The van der Waals surface area contributed by atoms with Gasteiger partial charge in [-0.05, 0) is 12.1 Å². The molecule has 2 rings (SSSR count). The second kappa shape index (κ2) is 5.28. The van der Waals surface area contributed by atoms with Crippen molar-refractivity contribution in [3.8, 4) is 0 Å². The number of benzene rings is 1. The first kappa shape index (κ1) is 14.0. The van der Waals surface area contributed by atoms with Crippen molar-refractivity contribution in [3.63, 3.8) is 0 Å². The minimum atomic E-state index is -0.999. The fourth-order valence-electron chi connectivity index (χ4n) is 1.77. The molecule has 5 nitrogen and oxygen atoms in total. The third-order valence-corrected chi connectivity index (χ3v) is 3.04. The monoisotopic (exact) mass is 281 g/mol. The molecule has 1 N–H and O–H groups in total. The van der Waals surface area contributed by atoms with Gasteiger partial charge in [0.2, 0.25) is 0 Å². The maximum absolute atomic E-state index is 13.5. The van der Waals surface area contributed by atoms with E-state index in [9.17, 15) is 18.4 Å². The summed E-state index contributed by atoms with van der Waals surface area (Å²) in [5, 5.41) is 2.66. The SMILES string of the molecule is Cn1c(CNc2cccc(F)c2F)cc(=O)n(C)c1=O. The number of anilines is 1. The normalized spacial score (nSPS) is 10.6. The van der Waals surface area contributed by atoms with Crippen LogP contribution >= 0.6 is 0 Å². The molecule has 1 heterocycles. The molecule has 0 unspecified atom stereocenters. The van der Waals surface area contributed by atoms with Crippen LogP contribution < -0.4 is 16.6 Å². The Hall–Kier alpha value is -2.44. The Morgan fingerprint density at radius 1 is 1.15 bits per heavy atom. The smallest absolute Gasteiger partial charge is 0.330 e. The van der Waals surface area contributed by atoms with Crippen LogP contribution in [0.15, 0.2) is 33.9 Å². The summed E-state index contributed by atoms with van der Waals surface area (Å²) in [5.41, 5.74) is -0.585. The van der Waals surface area contributed by atoms with Crippen LogP contribution in [-0.4, -0.2) is 9.13 Å². The number of rotatable bonds is 3. The summed E-state index contributed by atoms with van der Waals surface area (Å²) in [4.78, 5) is 23.2. The molecule has 0 atom stereocenters. The second-order valence-corrected chi connectivity index (χ2v) is 4.33. The standard InChI is InChI=1S/C13H13F2N3O2/c1-17-8(6-11(19)18(2)13(17)20)7-16-10-5-3-4-9(14)12(10)15/h3-6,16H,7H2,1-2H3. The van der Waals surface area contributed by atoms with Crippen LogP contribution in [0.1, 0.15) is 5.69 Å². The summed E-state index contributed by atoms with van der Waals surface area (Å²) in [6.45, 7) is 0.0300. The van der Waals surface area contributed by atoms with Crippen molar-refractivity contribution in [1.29, 1.82) is 0 Å². The topological polar surface area (TPSA) is 56.0 Å². The van der Waals surface area contributed by atoms with Crippen molar-refractivity contribution in [2.45, 2.75) is 6.54 Å². The van der Waals surface area contributed by atoms with Gasteiger partial charge in [0.05, 0.1) is 12.2 Å². The average Bonchev–Trinajstić information content (AvgIpc) is 2.43. The zero-order chi connectivity index (χ0) is 14.9. The largest absolute Gasteiger partial charge is 0.377 e. The lowest BCUT2D eigenvalue weighted by Gasteiger charge is -2.12. The number of hydrogen-bond donors (Lipinski definition) is 1. The van der Waals surface area contributed by atoms with E-state index in [0.29, 0.717) is 5.69 Å². The van der Waals surface area contributed by atoms with Crippen molar-refractivity contribution in [1.82, 2.24) is 9.13 Å². The summed E-state index contributed by atoms with van der Waals surface area (Å²) < 4.78 is 28.7. The summed E-state index contributed by atoms with van der Waals surface area (Å²) in [6, 6.07) is 5.02. The van der Waals surface area contributed by atoms with Crippen molar-refractivity contribution in [2.24, 2.45) is 14.1 Å². The van der Waals surface area contributed by atoms with Gasteiger partial charge in [0.25, 0.3) is 5.56 Å². The summed E-state index contributed by atoms with van der Waals surface area (Å²) in [5.74, 6) is -1.96. The number of hydrogen-bond acceptors (Lipinski definition) is 3. The van der Waals surface area contributed by atoms with Crippen molar-refractivity contribution in [2.75, 3.05) is 5.32 Å². The molecule has 0 bridgehead atoms. The van der Waals surface area contributed by atoms with Gasteiger partial charge in [0.1, 0.15) is 0 Å². The Morgan fingerprint density at radius 3 is 2.55 bits per heavy atom. The maximum atomic E-state index is 13.5. The van der Waals surface area contributed by atoms with E-state index in [1.165, 1.54) is 36.9 Å². The Balaban J connectivity index is 2.31. The van der Waals surface area contributed by atoms with E-state index in [-0.39, 0.29) is 12.2 Å². The molecule has 106 valence electrons. The highest BCUT2D eigenvalue weighted by Crippen LogP contribution is 2.16. The molecule has 0 amide bonds. The maximum Gasteiger partial charge on any atom is 0.330 e. The summed E-state index contributed by atoms with van der Waals surface area (Å²) in [7, 11) is 2.87. The molecule has 7 heteroatoms. The lowest BCUT2D eigenvalue weighted by atomic mass is 10.3. The highest BCUT2D eigenvalue weighted by molar-refractivity contribution is 5.45. The molecule has 2 aromatic rings. The van der Waals surface area contributed by atoms with Crippen molar-refractivity contribution >= 4 is 5.69 Å². The molecular weight excluding hydrogens is 268 g/mol. The molecule has 0 fully saturated rings. The lowest BCUT2D eigenvalue weighted by Crippen LogP contribution is -2.38. The van der Waals surface area contributed by atoms with Gasteiger partial charge in [-0.1, -0.05) is 6.07 Å². The zero-order valence-electron chi connectivity index (χ0n) is 11.0. The Bertz CT molecular complexity index is 765. The zero-order valence-corrected chi connectivity index (χ0v) is 11.0. The van der Waals surface area contributed by atoms with Crippen LogP contribution in [0.3, 0.4) is 0 Å². The van der Waals surface area contributed by atoms with Crippen LogP contribution in [0.25, 0.3) is 0 Å². The molecule has 1 aromatic carbocycles. The van der Waals surface area contributed by atoms with Gasteiger partial charge in [-0.3, -0.25) is 13.9 Å². The highest BCUT2D eigenvalue weighted by Gasteiger charge is 2.09. The van der Waals surface area contributed by atoms with E-state index in [0.717, 1.165) is 10.6 Å². The fraction of sp³-hybridized carbons (Fsp3) is 0.231. The molecule has 0 aliphatic carbocycles. The predicted octanol–water partition coefficient (Wildman–Crippen LogP) is 0.974. The second-order valence-electron chi connectivity index (χ2n) is 4.33. The van der Waals surface area contributed by atoms with E-state index >= 15 is 0 Å². The molecule has 1 aromatic heterocycles. The van der Waals surface area contributed by atoms with Gasteiger partial charge in [0.15, 0.2) is 11.6 Å². The highest BCUT2D eigenvalue weighted by atomic mass is 19.2. The minimum absolute atomic E-state index is 0.0295. The number of nitrogens with zero attached hydrogens (tertiary/aromatic N) is 2. The van der Waals surface area contributed by atoms with Crippen LogP contribution in [0.4, 0.5) is 14.5 Å². The fourth-order valence-corrected chi connectivity index (χ4v) is 1.77. The molecule has 20 heavy (non-hydrogen) atoms. The van der Waals surface area contributed by atoms with E-state index < -0.39 is 22.9 Å². The van der Waals surface area contributed by atoms with E-state index in [2.05, 4.69) is 5.32 Å². The molecule has 0 saturated heterocycles. The van der Waals surface area contributed by atoms with E-state index in [1.54, 1.807) is 0 Å². The lowest BCUT2D eigenvalue weighted by molar-refractivity contribution is 0.510. The molecule has 0 aliphatic rings. The number of nitrogens with one attached hydrogen (secondary N) is 1. The third kappa shape index (κ3) is 2.47. The van der Waals surface area contributed by atoms with Gasteiger partial charge in [-0.2, -0.15) is 0 Å². The van der Waals surface area contributed by atoms with Crippen LogP contribution in [0.5, 0.6) is 0 Å². The molecule has 0 saturated carbocycles. The quantitative estimate of drug-likeness (QED) is 0.912. The first-order valence-corrected chi connectivity index (χ1v) is 5.85. The first-order valence-electron chi connectivity index (χ1n) is 5.85.